The molecule has 0 saturated carbocycles. The minimum atomic E-state index is -1.25. The largest absolute Gasteiger partial charge is 0.387 e. The monoisotopic (exact) mass is 295 g/mol. The number of aliphatic hydroxyl groups excluding tert-OH is 2. The van der Waals surface area contributed by atoms with Crippen LogP contribution < -0.4 is 17.0 Å². The molecule has 1 saturated heterocycles. The number of imidazole rings is 1. The van der Waals surface area contributed by atoms with Crippen molar-refractivity contribution in [1.82, 2.24) is 18.7 Å². The second kappa shape index (κ2) is 3.72. The van der Waals surface area contributed by atoms with Crippen molar-refractivity contribution in [1.29, 1.82) is 0 Å². The quantitative estimate of drug-likeness (QED) is 0.474. The van der Waals surface area contributed by atoms with Gasteiger partial charge in [-0.15, -0.1) is 0 Å². The van der Waals surface area contributed by atoms with Gasteiger partial charge in [-0.2, -0.15) is 4.98 Å². The number of hydrogen-bond donors (Lipinski definition) is 3. The Balaban J connectivity index is 2.21. The normalized spacial score (nSPS) is 30.8. The lowest BCUT2D eigenvalue weighted by Gasteiger charge is -2.20. The van der Waals surface area contributed by atoms with Crippen LogP contribution in [0.2, 0.25) is 0 Å². The van der Waals surface area contributed by atoms with E-state index >= 15 is 0 Å². The Morgan fingerprint density at radius 1 is 1.33 bits per heavy atom. The SMILES string of the molecule is Cn1c(=O)n2c3c1c(=O)nc(N)n3CC1OC2[C@H](O)[C@@H]1O. The van der Waals surface area contributed by atoms with Gasteiger partial charge in [0.1, 0.15) is 18.3 Å². The first-order chi connectivity index (χ1) is 9.91. The Labute approximate surface area is 116 Å². The third-order valence-corrected chi connectivity index (χ3v) is 4.17. The molecule has 1 fully saturated rings. The van der Waals surface area contributed by atoms with Crippen LogP contribution in [0.3, 0.4) is 0 Å². The van der Waals surface area contributed by atoms with Crippen LogP contribution in [0.1, 0.15) is 6.23 Å². The van der Waals surface area contributed by atoms with E-state index in [2.05, 4.69) is 4.98 Å². The van der Waals surface area contributed by atoms with Crippen LogP contribution in [0.4, 0.5) is 5.95 Å². The fraction of sp³-hybridized carbons (Fsp3) is 0.545. The molecule has 2 unspecified atom stereocenters. The number of nitrogens with zero attached hydrogens (tertiary/aromatic N) is 4. The number of ether oxygens (including phenoxy) is 1. The van der Waals surface area contributed by atoms with Crippen molar-refractivity contribution >= 4 is 17.1 Å². The molecule has 4 rings (SSSR count). The average molecular weight is 295 g/mol. The molecule has 112 valence electrons. The van der Waals surface area contributed by atoms with Crippen molar-refractivity contribution in [3.63, 3.8) is 0 Å². The smallest absolute Gasteiger partial charge is 0.332 e. The molecule has 0 amide bonds. The highest BCUT2D eigenvalue weighted by atomic mass is 16.6. The summed E-state index contributed by atoms with van der Waals surface area (Å²) in [5.74, 6) is -0.0651. The highest BCUT2D eigenvalue weighted by molar-refractivity contribution is 5.73. The van der Waals surface area contributed by atoms with Gasteiger partial charge in [-0.25, -0.2) is 9.36 Å². The Hall–Kier alpha value is -2.17. The average Bonchev–Trinajstić information content (AvgIpc) is 2.77. The summed E-state index contributed by atoms with van der Waals surface area (Å²) < 4.78 is 9.30. The fourth-order valence-electron chi connectivity index (χ4n) is 3.12. The van der Waals surface area contributed by atoms with Crippen molar-refractivity contribution < 1.29 is 14.9 Å². The van der Waals surface area contributed by atoms with Crippen LogP contribution >= 0.6 is 0 Å². The Kier molecular flexibility index (Phi) is 2.23. The van der Waals surface area contributed by atoms with E-state index in [-0.39, 0.29) is 23.7 Å². The zero-order valence-corrected chi connectivity index (χ0v) is 11.0. The number of rotatable bonds is 0. The molecule has 0 aliphatic carbocycles. The van der Waals surface area contributed by atoms with Gasteiger partial charge in [0.2, 0.25) is 5.95 Å². The van der Waals surface area contributed by atoms with Crippen LogP contribution in [-0.2, 0) is 18.3 Å². The van der Waals surface area contributed by atoms with Gasteiger partial charge in [0.05, 0.1) is 6.54 Å². The van der Waals surface area contributed by atoms with Crippen LogP contribution in [0, 0.1) is 0 Å². The van der Waals surface area contributed by atoms with Crippen molar-refractivity contribution in [3.05, 3.63) is 20.8 Å². The van der Waals surface area contributed by atoms with E-state index in [4.69, 9.17) is 10.5 Å². The number of hydrogen-bond acceptors (Lipinski definition) is 7. The molecule has 10 heteroatoms. The first-order valence-electron chi connectivity index (χ1n) is 6.40. The van der Waals surface area contributed by atoms with Gasteiger partial charge in [0.25, 0.3) is 0 Å². The Morgan fingerprint density at radius 3 is 2.76 bits per heavy atom. The zero-order chi connectivity index (χ0) is 15.0. The Morgan fingerprint density at radius 2 is 2.05 bits per heavy atom. The van der Waals surface area contributed by atoms with E-state index in [0.717, 1.165) is 9.13 Å². The predicted molar refractivity (Wildman–Crippen MR) is 69.6 cm³/mol. The molecular weight excluding hydrogens is 282 g/mol. The first-order valence-corrected chi connectivity index (χ1v) is 6.40. The van der Waals surface area contributed by atoms with E-state index in [9.17, 15) is 19.8 Å². The van der Waals surface area contributed by atoms with Crippen molar-refractivity contribution in [2.45, 2.75) is 31.1 Å². The summed E-state index contributed by atoms with van der Waals surface area (Å²) in [6.07, 6.45) is -4.19. The van der Waals surface area contributed by atoms with E-state index in [1.807, 2.05) is 0 Å². The number of fused-ring (bicyclic) bond motifs is 3. The molecule has 2 aromatic rings. The molecule has 10 nitrogen and oxygen atoms in total. The molecule has 2 aromatic heterocycles. The third kappa shape index (κ3) is 1.34. The van der Waals surface area contributed by atoms with Crippen LogP contribution in [0.15, 0.2) is 9.59 Å². The predicted octanol–water partition coefficient (Wildman–Crippen LogP) is -2.89. The van der Waals surface area contributed by atoms with Crippen molar-refractivity contribution in [3.8, 4) is 0 Å². The summed E-state index contributed by atoms with van der Waals surface area (Å²) in [6.45, 7) is 0.0911. The summed E-state index contributed by atoms with van der Waals surface area (Å²) in [7, 11) is 1.43. The molecule has 4 N–H and O–H groups in total. The van der Waals surface area contributed by atoms with Gasteiger partial charge < -0.3 is 20.7 Å². The van der Waals surface area contributed by atoms with E-state index in [1.54, 1.807) is 0 Å². The lowest BCUT2D eigenvalue weighted by atomic mass is 10.1. The third-order valence-electron chi connectivity index (χ3n) is 4.17. The molecule has 0 radical (unpaired) electrons. The fourth-order valence-corrected chi connectivity index (χ4v) is 3.12. The molecule has 0 spiro atoms. The van der Waals surface area contributed by atoms with E-state index < -0.39 is 35.8 Å². The van der Waals surface area contributed by atoms with Crippen LogP contribution in [-0.4, -0.2) is 47.2 Å². The number of aryl methyl sites for hydroxylation is 1. The van der Waals surface area contributed by atoms with Crippen LogP contribution in [0.25, 0.3) is 11.2 Å². The lowest BCUT2D eigenvalue weighted by molar-refractivity contribution is -0.0350. The maximum absolute atomic E-state index is 12.4. The maximum atomic E-state index is 12.4. The van der Waals surface area contributed by atoms with Gasteiger partial charge in [-0.1, -0.05) is 0 Å². The van der Waals surface area contributed by atoms with Gasteiger partial charge in [-0.05, 0) is 0 Å². The van der Waals surface area contributed by atoms with Crippen LogP contribution in [0.5, 0.6) is 0 Å². The topological polar surface area (TPSA) is 138 Å². The second-order valence-corrected chi connectivity index (χ2v) is 5.32. The summed E-state index contributed by atoms with van der Waals surface area (Å²) in [5.41, 5.74) is 4.95. The van der Waals surface area contributed by atoms with Gasteiger partial charge in [-0.3, -0.25) is 13.9 Å². The van der Waals surface area contributed by atoms with E-state index in [0.29, 0.717) is 0 Å². The van der Waals surface area contributed by atoms with Gasteiger partial charge in [0, 0.05) is 7.05 Å². The molecule has 2 aliphatic heterocycles. The zero-order valence-electron chi connectivity index (χ0n) is 11.0. The number of aromatic nitrogens is 4. The maximum Gasteiger partial charge on any atom is 0.332 e. The minimum Gasteiger partial charge on any atom is -0.387 e. The molecule has 4 heterocycles. The van der Waals surface area contributed by atoms with Gasteiger partial charge in [0.15, 0.2) is 17.4 Å². The number of nitrogens with two attached hydrogens (primary N) is 1. The highest BCUT2D eigenvalue weighted by Gasteiger charge is 2.48. The highest BCUT2D eigenvalue weighted by Crippen LogP contribution is 2.34. The molecule has 2 bridgehead atoms. The number of anilines is 1. The Bertz CT molecular complexity index is 880. The van der Waals surface area contributed by atoms with Crippen molar-refractivity contribution in [2.24, 2.45) is 7.05 Å². The summed E-state index contributed by atoms with van der Waals surface area (Å²) in [5, 5.41) is 20.0. The summed E-state index contributed by atoms with van der Waals surface area (Å²) >= 11 is 0. The standard InChI is InChI=1S/C11H13N5O5/c1-14-4-7(19)13-10(12)15-2-3-5(17)6(18)9(21-3)16(8(4)15)11(14)20/h3,5-6,9,17-18H,2H2,1H3,(H2,12,13,19)/t3?,5-,6-,9?/m1/s1. The first kappa shape index (κ1) is 12.6. The number of nitrogen functional groups attached to an aromatic ring is 1. The minimum absolute atomic E-state index is 0.0651. The lowest BCUT2D eigenvalue weighted by Crippen LogP contribution is -2.38. The molecule has 2 aliphatic rings. The summed E-state index contributed by atoms with van der Waals surface area (Å²) in [6, 6.07) is 0. The second-order valence-electron chi connectivity index (χ2n) is 5.32. The summed E-state index contributed by atoms with van der Waals surface area (Å²) in [4.78, 5) is 28.1. The molecule has 4 atom stereocenters. The van der Waals surface area contributed by atoms with E-state index in [1.165, 1.54) is 11.6 Å². The molecule has 21 heavy (non-hydrogen) atoms. The molecular formula is C11H13N5O5. The van der Waals surface area contributed by atoms with Gasteiger partial charge >= 0.3 is 11.2 Å². The van der Waals surface area contributed by atoms with Crippen molar-refractivity contribution in [2.75, 3.05) is 5.73 Å². The molecule has 0 aromatic carbocycles. The number of aliphatic hydroxyl groups is 2.